The van der Waals surface area contributed by atoms with Gasteiger partial charge < -0.3 is 15.5 Å². The van der Waals surface area contributed by atoms with Crippen molar-refractivity contribution >= 4 is 27.5 Å². The highest BCUT2D eigenvalue weighted by molar-refractivity contribution is 7.85. The predicted octanol–water partition coefficient (Wildman–Crippen LogP) is 5.09. The fourth-order valence-corrected chi connectivity index (χ4v) is 5.12. The second-order valence-corrected chi connectivity index (χ2v) is 9.30. The third kappa shape index (κ3) is 4.18. The maximum absolute atomic E-state index is 13.4. The van der Waals surface area contributed by atoms with Gasteiger partial charge in [-0.1, -0.05) is 6.42 Å². The van der Waals surface area contributed by atoms with Gasteiger partial charge in [-0.25, -0.2) is 9.19 Å². The smallest absolute Gasteiger partial charge is 0.138 e. The molecule has 1 aliphatic rings. The van der Waals surface area contributed by atoms with Crippen molar-refractivity contribution in [2.24, 2.45) is 0 Å². The van der Waals surface area contributed by atoms with Crippen LogP contribution in [-0.2, 0) is 10.8 Å². The van der Waals surface area contributed by atoms with Crippen LogP contribution in [0.4, 0.5) is 5.69 Å². The van der Waals surface area contributed by atoms with Crippen molar-refractivity contribution in [1.29, 1.82) is 0 Å². The first kappa shape index (κ1) is 19.8. The van der Waals surface area contributed by atoms with Gasteiger partial charge in [0.05, 0.1) is 32.8 Å². The van der Waals surface area contributed by atoms with Crippen LogP contribution in [0.2, 0.25) is 0 Å². The molecule has 4 aromatic rings. The van der Waals surface area contributed by atoms with E-state index < -0.39 is 10.8 Å². The molecule has 3 N–H and O–H groups in total. The quantitative estimate of drug-likeness (QED) is 0.429. The zero-order valence-electron chi connectivity index (χ0n) is 17.1. The Hall–Kier alpha value is -3.19. The van der Waals surface area contributed by atoms with Crippen molar-refractivity contribution in [2.75, 3.05) is 5.73 Å². The number of imidazole rings is 1. The maximum atomic E-state index is 13.4. The first-order valence-electron chi connectivity index (χ1n) is 10.6. The number of ether oxygens (including phenoxy) is 1. The van der Waals surface area contributed by atoms with Gasteiger partial charge in [-0.2, -0.15) is 0 Å². The molecule has 158 valence electrons. The summed E-state index contributed by atoms with van der Waals surface area (Å²) in [5.74, 6) is 1.38. The Labute approximate surface area is 183 Å². The average Bonchev–Trinajstić information content (AvgIpc) is 3.23. The Morgan fingerprint density at radius 2 is 1.74 bits per heavy atom. The standard InChI is InChI=1S/C24H24N4O2S/c25-17-8-6-16(7-9-17)24-27-20-14-22(30-18-4-2-1-3-5-18)23(15-21(20)28-24)31(29)19-10-12-26-13-11-19/h6-15,18H,1-5,25H2,(H,27,28). The van der Waals surface area contributed by atoms with E-state index in [1.165, 1.54) is 19.3 Å². The van der Waals surface area contributed by atoms with E-state index in [4.69, 9.17) is 15.5 Å². The van der Waals surface area contributed by atoms with Crippen LogP contribution in [-0.4, -0.2) is 25.3 Å². The molecule has 1 fully saturated rings. The number of nitrogens with one attached hydrogen (secondary N) is 1. The van der Waals surface area contributed by atoms with Crippen molar-refractivity contribution in [1.82, 2.24) is 15.0 Å². The highest BCUT2D eigenvalue weighted by atomic mass is 32.2. The van der Waals surface area contributed by atoms with Crippen LogP contribution >= 0.6 is 0 Å². The Kier molecular flexibility index (Phi) is 5.42. The lowest BCUT2D eigenvalue weighted by molar-refractivity contribution is 0.151. The molecule has 1 atom stereocenters. The van der Waals surface area contributed by atoms with Crippen LogP contribution in [0.15, 0.2) is 70.7 Å². The molecule has 2 heterocycles. The first-order chi connectivity index (χ1) is 15.2. The van der Waals surface area contributed by atoms with Crippen LogP contribution in [0, 0.1) is 0 Å². The summed E-state index contributed by atoms with van der Waals surface area (Å²) >= 11 is 0. The zero-order chi connectivity index (χ0) is 21.2. The molecule has 0 spiro atoms. The van der Waals surface area contributed by atoms with E-state index in [0.29, 0.717) is 21.2 Å². The number of hydrogen-bond acceptors (Lipinski definition) is 5. The number of pyridine rings is 1. The molecule has 2 aromatic carbocycles. The topological polar surface area (TPSA) is 93.9 Å². The molecule has 0 saturated heterocycles. The van der Waals surface area contributed by atoms with Gasteiger partial charge >= 0.3 is 0 Å². The van der Waals surface area contributed by atoms with E-state index in [2.05, 4.69) is 9.97 Å². The van der Waals surface area contributed by atoms with Gasteiger partial charge in [0.15, 0.2) is 0 Å². The van der Waals surface area contributed by atoms with Crippen molar-refractivity contribution in [3.05, 3.63) is 60.9 Å². The Morgan fingerprint density at radius 1 is 1.00 bits per heavy atom. The fraction of sp³-hybridized carbons (Fsp3) is 0.250. The fourth-order valence-electron chi connectivity index (χ4n) is 3.98. The van der Waals surface area contributed by atoms with E-state index in [9.17, 15) is 4.21 Å². The highest BCUT2D eigenvalue weighted by Crippen LogP contribution is 2.34. The number of H-pyrrole nitrogens is 1. The lowest BCUT2D eigenvalue weighted by Crippen LogP contribution is -2.20. The Bertz CT molecular complexity index is 1220. The van der Waals surface area contributed by atoms with Gasteiger partial charge in [0.1, 0.15) is 11.6 Å². The molecule has 0 amide bonds. The SMILES string of the molecule is Nc1ccc(-c2nc3cc(OC4CCCCC4)c(S(=O)c4ccncc4)cc3[nH]2)cc1. The number of nitrogen functional groups attached to an aromatic ring is 1. The summed E-state index contributed by atoms with van der Waals surface area (Å²) in [6.45, 7) is 0. The molecule has 7 heteroatoms. The molecular weight excluding hydrogens is 408 g/mol. The van der Waals surface area contributed by atoms with Crippen LogP contribution in [0.25, 0.3) is 22.4 Å². The van der Waals surface area contributed by atoms with E-state index >= 15 is 0 Å². The lowest BCUT2D eigenvalue weighted by atomic mass is 9.98. The number of fused-ring (bicyclic) bond motifs is 1. The molecule has 1 aliphatic carbocycles. The first-order valence-corrected chi connectivity index (χ1v) is 11.7. The van der Waals surface area contributed by atoms with Crippen molar-refractivity contribution in [3.63, 3.8) is 0 Å². The van der Waals surface area contributed by atoms with Gasteiger partial charge in [0, 0.05) is 34.6 Å². The largest absolute Gasteiger partial charge is 0.489 e. The van der Waals surface area contributed by atoms with Gasteiger partial charge in [0.2, 0.25) is 0 Å². The normalized spacial score (nSPS) is 15.7. The zero-order valence-corrected chi connectivity index (χ0v) is 17.9. The number of aromatic nitrogens is 3. The minimum atomic E-state index is -1.39. The van der Waals surface area contributed by atoms with E-state index in [0.717, 1.165) is 35.3 Å². The molecule has 6 nitrogen and oxygen atoms in total. The minimum absolute atomic E-state index is 0.148. The second-order valence-electron chi connectivity index (χ2n) is 7.85. The summed E-state index contributed by atoms with van der Waals surface area (Å²) < 4.78 is 19.8. The van der Waals surface area contributed by atoms with Crippen LogP contribution in [0.5, 0.6) is 5.75 Å². The number of rotatable bonds is 5. The molecular formula is C24H24N4O2S. The predicted molar refractivity (Wildman–Crippen MR) is 122 cm³/mol. The summed E-state index contributed by atoms with van der Waals surface area (Å²) in [5.41, 5.74) is 9.06. The number of anilines is 1. The van der Waals surface area contributed by atoms with Crippen molar-refractivity contribution in [3.8, 4) is 17.1 Å². The van der Waals surface area contributed by atoms with E-state index in [-0.39, 0.29) is 6.10 Å². The Morgan fingerprint density at radius 3 is 2.48 bits per heavy atom. The van der Waals surface area contributed by atoms with Gasteiger partial charge in [0.25, 0.3) is 0 Å². The van der Waals surface area contributed by atoms with Crippen molar-refractivity contribution < 1.29 is 8.95 Å². The summed E-state index contributed by atoms with van der Waals surface area (Å²) in [6, 6.07) is 14.9. The van der Waals surface area contributed by atoms with E-state index in [1.807, 2.05) is 36.4 Å². The third-order valence-corrected chi connectivity index (χ3v) is 7.06. The number of hydrogen-bond donors (Lipinski definition) is 2. The van der Waals surface area contributed by atoms with Gasteiger partial charge in [-0.3, -0.25) is 4.98 Å². The number of benzene rings is 2. The Balaban J connectivity index is 1.58. The molecule has 0 bridgehead atoms. The summed E-state index contributed by atoms with van der Waals surface area (Å²) in [7, 11) is -1.39. The molecule has 31 heavy (non-hydrogen) atoms. The molecule has 1 saturated carbocycles. The monoisotopic (exact) mass is 432 g/mol. The molecule has 2 aromatic heterocycles. The number of nitrogens with two attached hydrogens (primary N) is 1. The second kappa shape index (κ2) is 8.51. The van der Waals surface area contributed by atoms with Gasteiger partial charge in [-0.15, -0.1) is 0 Å². The summed E-state index contributed by atoms with van der Waals surface area (Å²) in [5, 5.41) is 0. The van der Waals surface area contributed by atoms with Crippen LogP contribution < -0.4 is 10.5 Å². The molecule has 0 aliphatic heterocycles. The highest BCUT2D eigenvalue weighted by Gasteiger charge is 2.21. The number of nitrogens with zero attached hydrogens (tertiary/aromatic N) is 2. The van der Waals surface area contributed by atoms with Gasteiger partial charge in [-0.05, 0) is 68.1 Å². The number of aromatic amines is 1. The third-order valence-electron chi connectivity index (χ3n) is 5.64. The van der Waals surface area contributed by atoms with E-state index in [1.54, 1.807) is 24.5 Å². The lowest BCUT2D eigenvalue weighted by Gasteiger charge is -2.24. The summed E-state index contributed by atoms with van der Waals surface area (Å²) in [6.07, 6.45) is 9.09. The maximum Gasteiger partial charge on any atom is 0.138 e. The molecule has 1 unspecified atom stereocenters. The minimum Gasteiger partial charge on any atom is -0.489 e. The average molecular weight is 433 g/mol. The van der Waals surface area contributed by atoms with Crippen molar-refractivity contribution in [2.45, 2.75) is 48.0 Å². The van der Waals surface area contributed by atoms with Crippen LogP contribution in [0.1, 0.15) is 32.1 Å². The molecule has 5 rings (SSSR count). The molecule has 0 radical (unpaired) electrons. The summed E-state index contributed by atoms with van der Waals surface area (Å²) in [4.78, 5) is 13.5. The van der Waals surface area contributed by atoms with Crippen LogP contribution in [0.3, 0.4) is 0 Å².